The maximum Gasteiger partial charge on any atom is 0.324 e. The van der Waals surface area contributed by atoms with Crippen LogP contribution in [-0.4, -0.2) is 61.5 Å². The number of nitrogens with two attached hydrogens (primary N) is 1. The number of aliphatic imine (C=N–C) groups is 2. The molecule has 4 N–H and O–H groups in total. The van der Waals surface area contributed by atoms with E-state index in [1.54, 1.807) is 0 Å². The molecule has 1 atom stereocenters. The number of nitrogens with zero attached hydrogens (tertiary/aromatic N) is 6. The summed E-state index contributed by atoms with van der Waals surface area (Å²) >= 11 is 0. The fourth-order valence-electron chi connectivity index (χ4n) is 1.38. The van der Waals surface area contributed by atoms with Gasteiger partial charge in [0.1, 0.15) is 6.61 Å². The predicted octanol–water partition coefficient (Wildman–Crippen LogP) is -0.0798. The maximum atomic E-state index is 8.55. The first-order valence-electron chi connectivity index (χ1n) is 6.69. The smallest absolute Gasteiger partial charge is 0.324 e. The Hall–Kier alpha value is -2.11. The van der Waals surface area contributed by atoms with Crippen molar-refractivity contribution in [1.29, 1.82) is 0 Å². The molecule has 1 rings (SSSR count). The van der Waals surface area contributed by atoms with E-state index in [0.717, 1.165) is 6.42 Å². The second kappa shape index (κ2) is 10.6. The molecule has 0 amide bonds. The van der Waals surface area contributed by atoms with Crippen LogP contribution in [0.15, 0.2) is 15.1 Å². The Balaban J connectivity index is 2.70. The average molecular weight is 316 g/mol. The van der Waals surface area contributed by atoms with Crippen molar-refractivity contribution in [3.8, 4) is 0 Å². The van der Waals surface area contributed by atoms with Gasteiger partial charge in [-0.3, -0.25) is 4.84 Å². The minimum atomic E-state index is -0.893. The summed E-state index contributed by atoms with van der Waals surface area (Å²) < 4.78 is 10.8. The fraction of sp³-hybridized carbons (Fsp3) is 0.800. The van der Waals surface area contributed by atoms with E-state index >= 15 is 0 Å². The third kappa shape index (κ3) is 6.11. The minimum Gasteiger partial charge on any atom is -0.462 e. The molecule has 0 saturated carbocycles. The summed E-state index contributed by atoms with van der Waals surface area (Å²) in [6.45, 7) is 2.94. The highest BCUT2D eigenvalue weighted by Gasteiger charge is 2.29. The van der Waals surface area contributed by atoms with E-state index in [2.05, 4.69) is 20.0 Å². The number of hydrogen-bond acceptors (Lipinski definition) is 10. The van der Waals surface area contributed by atoms with E-state index in [-0.39, 0.29) is 38.3 Å². The first-order chi connectivity index (χ1) is 10.7. The summed E-state index contributed by atoms with van der Waals surface area (Å²) in [6, 6.07) is 0.0741. The number of hydroxylamine groups is 3. The molecule has 0 radical (unpaired) electrons. The first-order valence-corrected chi connectivity index (χ1v) is 6.69. The number of rotatable bonds is 10. The van der Waals surface area contributed by atoms with Gasteiger partial charge >= 0.3 is 6.02 Å². The van der Waals surface area contributed by atoms with Crippen LogP contribution in [0.25, 0.3) is 10.4 Å². The number of guanidine groups is 1. The molecule has 0 spiro atoms. The Kier molecular flexibility index (Phi) is 8.64. The van der Waals surface area contributed by atoms with Crippen LogP contribution in [0.4, 0.5) is 0 Å². The minimum absolute atomic E-state index is 0.0305. The van der Waals surface area contributed by atoms with Gasteiger partial charge in [0.25, 0.3) is 6.35 Å². The Morgan fingerprint density at radius 1 is 1.50 bits per heavy atom. The van der Waals surface area contributed by atoms with E-state index < -0.39 is 6.35 Å². The van der Waals surface area contributed by atoms with Crippen LogP contribution >= 0.6 is 0 Å². The van der Waals surface area contributed by atoms with Gasteiger partial charge in [0.15, 0.2) is 0 Å². The van der Waals surface area contributed by atoms with Crippen LogP contribution in [0, 0.1) is 0 Å². The average Bonchev–Trinajstić information content (AvgIpc) is 2.51. The number of nitrogens with one attached hydrogen (secondary N) is 1. The molecule has 0 saturated heterocycles. The lowest BCUT2D eigenvalue weighted by atomic mass is 10.5. The van der Waals surface area contributed by atoms with Crippen LogP contribution in [0.1, 0.15) is 13.3 Å². The molecular formula is C10H20N8O4. The van der Waals surface area contributed by atoms with Crippen molar-refractivity contribution < 1.29 is 19.5 Å². The molecular weight excluding hydrogens is 296 g/mol. The van der Waals surface area contributed by atoms with Gasteiger partial charge in [0.05, 0.1) is 19.8 Å². The summed E-state index contributed by atoms with van der Waals surface area (Å²) in [5.74, 6) is -0.0305. The molecule has 0 aromatic heterocycles. The van der Waals surface area contributed by atoms with Gasteiger partial charge in [-0.25, -0.2) is 5.48 Å². The summed E-state index contributed by atoms with van der Waals surface area (Å²) in [5.41, 5.74) is 15.8. The second-order valence-electron chi connectivity index (χ2n) is 3.95. The summed E-state index contributed by atoms with van der Waals surface area (Å²) in [7, 11) is 0. The van der Waals surface area contributed by atoms with E-state index in [4.69, 9.17) is 30.8 Å². The molecule has 12 heteroatoms. The fourth-order valence-corrected chi connectivity index (χ4v) is 1.38. The lowest BCUT2D eigenvalue weighted by molar-refractivity contribution is -0.214. The summed E-state index contributed by atoms with van der Waals surface area (Å²) in [6.07, 6.45) is -0.137. The highest BCUT2D eigenvalue weighted by Crippen LogP contribution is 2.12. The molecule has 1 heterocycles. The topological polar surface area (TPSA) is 163 Å². The molecule has 1 aliphatic rings. The van der Waals surface area contributed by atoms with Gasteiger partial charge in [-0.1, -0.05) is 12.0 Å². The third-order valence-corrected chi connectivity index (χ3v) is 2.24. The molecule has 1 unspecified atom stereocenters. The SMILES string of the molecule is CCCON1C(OCCNO)=NC(N)=NC1OCCN=[N+]=[N-]. The van der Waals surface area contributed by atoms with Crippen molar-refractivity contribution in [2.45, 2.75) is 19.7 Å². The van der Waals surface area contributed by atoms with Gasteiger partial charge in [-0.05, 0) is 12.0 Å². The molecule has 0 fully saturated rings. The largest absolute Gasteiger partial charge is 0.462 e. The van der Waals surface area contributed by atoms with E-state index in [0.29, 0.717) is 6.61 Å². The van der Waals surface area contributed by atoms with Gasteiger partial charge < -0.3 is 20.4 Å². The molecule has 0 bridgehead atoms. The third-order valence-electron chi connectivity index (χ3n) is 2.24. The van der Waals surface area contributed by atoms with Gasteiger partial charge in [-0.2, -0.15) is 15.0 Å². The highest BCUT2D eigenvalue weighted by atomic mass is 16.7. The van der Waals surface area contributed by atoms with Crippen molar-refractivity contribution >= 4 is 12.0 Å². The van der Waals surface area contributed by atoms with Crippen molar-refractivity contribution in [2.75, 3.05) is 32.9 Å². The molecule has 22 heavy (non-hydrogen) atoms. The van der Waals surface area contributed by atoms with Gasteiger partial charge in [0.2, 0.25) is 5.96 Å². The summed E-state index contributed by atoms with van der Waals surface area (Å²) in [4.78, 5) is 16.1. The number of azide groups is 1. The maximum absolute atomic E-state index is 8.55. The molecule has 0 aromatic carbocycles. The van der Waals surface area contributed by atoms with Crippen LogP contribution in [-0.2, 0) is 14.3 Å². The monoisotopic (exact) mass is 316 g/mol. The quantitative estimate of drug-likeness (QED) is 0.167. The zero-order valence-corrected chi connectivity index (χ0v) is 12.3. The van der Waals surface area contributed by atoms with Crippen LogP contribution < -0.4 is 11.2 Å². The summed E-state index contributed by atoms with van der Waals surface area (Å²) in [5, 5.41) is 13.2. The molecule has 0 aliphatic carbocycles. The lowest BCUT2D eigenvalue weighted by Crippen LogP contribution is -2.47. The number of amidine groups is 1. The van der Waals surface area contributed by atoms with Crippen molar-refractivity contribution in [1.82, 2.24) is 10.5 Å². The lowest BCUT2D eigenvalue weighted by Gasteiger charge is -2.31. The Bertz CT molecular complexity index is 437. The van der Waals surface area contributed by atoms with Crippen LogP contribution in [0.3, 0.4) is 0 Å². The standard InChI is InChI=1S/C10H20N8O4/c1-2-5-22-18-9(20-6-3-13-17-12)15-8(11)16-10(18)21-7-4-14-19/h9,14,19H,2-7H2,1H3,(H2,11,15). The predicted molar refractivity (Wildman–Crippen MR) is 76.6 cm³/mol. The second-order valence-corrected chi connectivity index (χ2v) is 3.95. The molecule has 1 aliphatic heterocycles. The number of ether oxygens (including phenoxy) is 2. The van der Waals surface area contributed by atoms with Gasteiger partial charge in [0, 0.05) is 11.5 Å². The van der Waals surface area contributed by atoms with Crippen molar-refractivity contribution in [3.63, 3.8) is 0 Å². The molecule has 124 valence electrons. The Labute approximate surface area is 127 Å². The molecule has 0 aromatic rings. The highest BCUT2D eigenvalue weighted by molar-refractivity contribution is 5.92. The van der Waals surface area contributed by atoms with E-state index in [1.165, 1.54) is 5.06 Å². The van der Waals surface area contributed by atoms with Crippen LogP contribution in [0.2, 0.25) is 0 Å². The van der Waals surface area contributed by atoms with Crippen molar-refractivity contribution in [3.05, 3.63) is 10.4 Å². The normalized spacial score (nSPS) is 17.5. The zero-order valence-electron chi connectivity index (χ0n) is 12.3. The number of hydrogen-bond donors (Lipinski definition) is 3. The van der Waals surface area contributed by atoms with Crippen LogP contribution in [0.5, 0.6) is 0 Å². The van der Waals surface area contributed by atoms with Crippen molar-refractivity contribution in [2.24, 2.45) is 20.8 Å². The Morgan fingerprint density at radius 3 is 3.00 bits per heavy atom. The Morgan fingerprint density at radius 2 is 2.32 bits per heavy atom. The molecule has 12 nitrogen and oxygen atoms in total. The first kappa shape index (κ1) is 17.9. The van der Waals surface area contributed by atoms with E-state index in [1.807, 2.05) is 12.4 Å². The van der Waals surface area contributed by atoms with E-state index in [9.17, 15) is 0 Å². The van der Waals surface area contributed by atoms with Gasteiger partial charge in [-0.15, -0.1) is 0 Å². The zero-order chi connectivity index (χ0) is 16.2.